The zero-order chi connectivity index (χ0) is 12.5. The van der Waals surface area contributed by atoms with Crippen LogP contribution in [0.25, 0.3) is 0 Å². The number of hydrogen-bond acceptors (Lipinski definition) is 4. The molecule has 4 nitrogen and oxygen atoms in total. The van der Waals surface area contributed by atoms with Gasteiger partial charge in [-0.1, -0.05) is 20.8 Å². The summed E-state index contributed by atoms with van der Waals surface area (Å²) in [4.78, 5) is 11.3. The fourth-order valence-corrected chi connectivity index (χ4v) is 1.99. The van der Waals surface area contributed by atoms with Crippen LogP contribution in [0.1, 0.15) is 33.3 Å². The zero-order valence-corrected chi connectivity index (χ0v) is 11.2. The van der Waals surface area contributed by atoms with Gasteiger partial charge < -0.3 is 10.2 Å². The maximum atomic E-state index is 4.51. The van der Waals surface area contributed by atoms with Crippen LogP contribution in [0.15, 0.2) is 12.4 Å². The number of nitrogens with one attached hydrogen (secondary N) is 1. The summed E-state index contributed by atoms with van der Waals surface area (Å²) in [6.45, 7) is 11.7. The monoisotopic (exact) mass is 234 g/mol. The molecule has 0 bridgehead atoms. The van der Waals surface area contributed by atoms with Crippen LogP contribution in [0.2, 0.25) is 0 Å². The predicted molar refractivity (Wildman–Crippen MR) is 70.4 cm³/mol. The van der Waals surface area contributed by atoms with Gasteiger partial charge in [0.15, 0.2) is 0 Å². The molecule has 0 aliphatic carbocycles. The van der Waals surface area contributed by atoms with Crippen LogP contribution in [-0.2, 0) is 5.41 Å². The number of hydrogen-bond donors (Lipinski definition) is 1. The lowest BCUT2D eigenvalue weighted by atomic mass is 9.89. The van der Waals surface area contributed by atoms with Gasteiger partial charge in [-0.15, -0.1) is 0 Å². The summed E-state index contributed by atoms with van der Waals surface area (Å²) in [6.07, 6.45) is 3.91. The van der Waals surface area contributed by atoms with Crippen molar-refractivity contribution in [3.05, 3.63) is 18.0 Å². The highest BCUT2D eigenvalue weighted by atomic mass is 15.3. The van der Waals surface area contributed by atoms with Crippen molar-refractivity contribution < 1.29 is 0 Å². The number of piperazine rings is 1. The largest absolute Gasteiger partial charge is 0.336 e. The summed E-state index contributed by atoms with van der Waals surface area (Å²) in [5.41, 5.74) is 1.30. The van der Waals surface area contributed by atoms with Crippen molar-refractivity contribution in [2.45, 2.75) is 39.2 Å². The van der Waals surface area contributed by atoms with Crippen molar-refractivity contribution in [1.82, 2.24) is 15.3 Å². The third kappa shape index (κ3) is 2.75. The first-order valence-electron chi connectivity index (χ1n) is 6.28. The van der Waals surface area contributed by atoms with Gasteiger partial charge in [0.05, 0.1) is 0 Å². The van der Waals surface area contributed by atoms with Crippen molar-refractivity contribution in [2.24, 2.45) is 0 Å². The molecule has 2 heterocycles. The molecule has 17 heavy (non-hydrogen) atoms. The van der Waals surface area contributed by atoms with Crippen LogP contribution in [0.4, 0.5) is 5.95 Å². The molecule has 1 aliphatic heterocycles. The second-order valence-corrected chi connectivity index (χ2v) is 5.77. The zero-order valence-electron chi connectivity index (χ0n) is 11.2. The van der Waals surface area contributed by atoms with Crippen molar-refractivity contribution in [3.8, 4) is 0 Å². The standard InChI is InChI=1S/C13H22N4/c1-10-7-14-5-6-17(10)12-15-8-11(9-16-12)13(2,3)4/h8-10,14H,5-7H2,1-4H3. The van der Waals surface area contributed by atoms with Crippen molar-refractivity contribution in [1.29, 1.82) is 0 Å². The van der Waals surface area contributed by atoms with Crippen molar-refractivity contribution in [3.63, 3.8) is 0 Å². The third-order valence-corrected chi connectivity index (χ3v) is 3.26. The average Bonchev–Trinajstić information content (AvgIpc) is 2.29. The van der Waals surface area contributed by atoms with Crippen LogP contribution in [0, 0.1) is 0 Å². The van der Waals surface area contributed by atoms with E-state index in [0.29, 0.717) is 6.04 Å². The molecule has 1 aromatic heterocycles. The summed E-state index contributed by atoms with van der Waals surface area (Å²) >= 11 is 0. The van der Waals surface area contributed by atoms with E-state index in [0.717, 1.165) is 25.6 Å². The van der Waals surface area contributed by atoms with Gasteiger partial charge in [-0.25, -0.2) is 9.97 Å². The number of nitrogens with zero attached hydrogens (tertiary/aromatic N) is 3. The van der Waals surface area contributed by atoms with E-state index < -0.39 is 0 Å². The summed E-state index contributed by atoms with van der Waals surface area (Å²) in [6, 6.07) is 0.462. The van der Waals surface area contributed by atoms with E-state index in [-0.39, 0.29) is 5.41 Å². The van der Waals surface area contributed by atoms with Crippen LogP contribution >= 0.6 is 0 Å². The predicted octanol–water partition coefficient (Wildman–Crippen LogP) is 1.57. The van der Waals surface area contributed by atoms with Gasteiger partial charge >= 0.3 is 0 Å². The number of rotatable bonds is 1. The molecule has 0 radical (unpaired) electrons. The van der Waals surface area contributed by atoms with Gasteiger partial charge in [0.2, 0.25) is 5.95 Å². The molecule has 0 amide bonds. The number of aromatic nitrogens is 2. The molecule has 4 heteroatoms. The first-order valence-corrected chi connectivity index (χ1v) is 6.28. The Morgan fingerprint density at radius 1 is 1.29 bits per heavy atom. The molecule has 1 N–H and O–H groups in total. The molecule has 1 aliphatic rings. The summed E-state index contributed by atoms with van der Waals surface area (Å²) < 4.78 is 0. The Balaban J connectivity index is 2.17. The van der Waals surface area contributed by atoms with E-state index in [9.17, 15) is 0 Å². The second kappa shape index (κ2) is 4.61. The highest BCUT2D eigenvalue weighted by Gasteiger charge is 2.21. The molecule has 2 rings (SSSR count). The summed E-state index contributed by atoms with van der Waals surface area (Å²) in [5, 5.41) is 3.37. The lowest BCUT2D eigenvalue weighted by molar-refractivity contribution is 0.491. The fourth-order valence-electron chi connectivity index (χ4n) is 1.99. The van der Waals surface area contributed by atoms with Gasteiger partial charge in [-0.2, -0.15) is 0 Å². The van der Waals surface area contributed by atoms with E-state index in [2.05, 4.69) is 47.9 Å². The van der Waals surface area contributed by atoms with E-state index in [1.54, 1.807) is 0 Å². The Hall–Kier alpha value is -1.16. The SMILES string of the molecule is CC1CNCCN1c1ncc(C(C)(C)C)cn1. The fraction of sp³-hybridized carbons (Fsp3) is 0.692. The Labute approximate surface area is 103 Å². The molecular formula is C13H22N4. The summed E-state index contributed by atoms with van der Waals surface area (Å²) in [5.74, 6) is 0.854. The van der Waals surface area contributed by atoms with Crippen LogP contribution in [0.5, 0.6) is 0 Å². The van der Waals surface area contributed by atoms with Crippen LogP contribution < -0.4 is 10.2 Å². The third-order valence-electron chi connectivity index (χ3n) is 3.26. The molecule has 1 unspecified atom stereocenters. The van der Waals surface area contributed by atoms with Gasteiger partial charge in [0, 0.05) is 38.1 Å². The second-order valence-electron chi connectivity index (χ2n) is 5.77. The molecule has 1 fully saturated rings. The molecule has 1 saturated heterocycles. The lowest BCUT2D eigenvalue weighted by Gasteiger charge is -2.34. The van der Waals surface area contributed by atoms with Crippen molar-refractivity contribution >= 4 is 5.95 Å². The Kier molecular flexibility index (Phi) is 3.33. The van der Waals surface area contributed by atoms with E-state index in [1.807, 2.05) is 12.4 Å². The maximum Gasteiger partial charge on any atom is 0.225 e. The van der Waals surface area contributed by atoms with Crippen LogP contribution in [-0.4, -0.2) is 35.6 Å². The molecule has 94 valence electrons. The molecular weight excluding hydrogens is 212 g/mol. The van der Waals surface area contributed by atoms with Crippen LogP contribution in [0.3, 0.4) is 0 Å². The smallest absolute Gasteiger partial charge is 0.225 e. The lowest BCUT2D eigenvalue weighted by Crippen LogP contribution is -2.50. The highest BCUT2D eigenvalue weighted by Crippen LogP contribution is 2.22. The van der Waals surface area contributed by atoms with Gasteiger partial charge in [-0.3, -0.25) is 0 Å². The minimum Gasteiger partial charge on any atom is -0.336 e. The average molecular weight is 234 g/mol. The van der Waals surface area contributed by atoms with Crippen molar-refractivity contribution in [2.75, 3.05) is 24.5 Å². The number of anilines is 1. The first-order chi connectivity index (χ1) is 7.98. The molecule has 0 saturated carbocycles. The summed E-state index contributed by atoms with van der Waals surface area (Å²) in [7, 11) is 0. The minimum atomic E-state index is 0.119. The van der Waals surface area contributed by atoms with Gasteiger partial charge in [-0.05, 0) is 17.9 Å². The molecule has 1 atom stereocenters. The maximum absolute atomic E-state index is 4.51. The van der Waals surface area contributed by atoms with E-state index in [4.69, 9.17) is 0 Å². The quantitative estimate of drug-likeness (QED) is 0.801. The topological polar surface area (TPSA) is 41.0 Å². The molecule has 1 aromatic rings. The first kappa shape index (κ1) is 12.3. The van der Waals surface area contributed by atoms with E-state index >= 15 is 0 Å². The Morgan fingerprint density at radius 2 is 1.94 bits per heavy atom. The Bertz CT molecular complexity index is 366. The highest BCUT2D eigenvalue weighted by molar-refractivity contribution is 5.33. The van der Waals surface area contributed by atoms with Gasteiger partial charge in [0.25, 0.3) is 0 Å². The normalized spacial score (nSPS) is 21.6. The minimum absolute atomic E-state index is 0.119. The Morgan fingerprint density at radius 3 is 2.47 bits per heavy atom. The van der Waals surface area contributed by atoms with E-state index in [1.165, 1.54) is 5.56 Å². The van der Waals surface area contributed by atoms with Gasteiger partial charge in [0.1, 0.15) is 0 Å². The molecule has 0 spiro atoms. The molecule has 0 aromatic carbocycles.